The number of aliphatic hydroxyl groups excluding tert-OH is 1. The van der Waals surface area contributed by atoms with Crippen LogP contribution in [-0.2, 0) is 9.16 Å². The quantitative estimate of drug-likeness (QED) is 0.343. The van der Waals surface area contributed by atoms with Gasteiger partial charge in [0.25, 0.3) is 13.9 Å². The van der Waals surface area contributed by atoms with E-state index < -0.39 is 26.3 Å². The molecule has 1 aliphatic heterocycles. The fraction of sp³-hybridized carbons (Fsp3) is 0.433. The molecule has 0 saturated carbocycles. The van der Waals surface area contributed by atoms with E-state index in [1.54, 1.807) is 11.5 Å². The van der Waals surface area contributed by atoms with Gasteiger partial charge in [-0.05, 0) is 28.8 Å². The highest BCUT2D eigenvalue weighted by atomic mass is 28.4. The number of fused-ring (bicyclic) bond motifs is 1. The van der Waals surface area contributed by atoms with Crippen LogP contribution in [0.25, 0.3) is 11.2 Å². The Morgan fingerprint density at radius 2 is 1.69 bits per heavy atom. The zero-order valence-electron chi connectivity index (χ0n) is 23.5. The van der Waals surface area contributed by atoms with Gasteiger partial charge in [-0.25, -0.2) is 9.97 Å². The average molecular weight is 547 g/mol. The Labute approximate surface area is 230 Å². The van der Waals surface area contributed by atoms with Gasteiger partial charge in [0.2, 0.25) is 0 Å². The molecule has 2 aromatic heterocycles. The lowest BCUT2D eigenvalue weighted by atomic mass is 9.85. The van der Waals surface area contributed by atoms with Crippen molar-refractivity contribution < 1.29 is 14.3 Å². The number of rotatable bonds is 7. The van der Waals surface area contributed by atoms with E-state index in [-0.39, 0.29) is 22.0 Å². The van der Waals surface area contributed by atoms with Crippen molar-refractivity contribution in [3.8, 4) is 0 Å². The number of imidazole rings is 1. The summed E-state index contributed by atoms with van der Waals surface area (Å²) in [6.45, 7) is 12.9. The van der Waals surface area contributed by atoms with Gasteiger partial charge in [-0.15, -0.1) is 0 Å². The molecule has 206 valence electrons. The maximum Gasteiger partial charge on any atom is 0.279 e. The molecule has 2 aromatic carbocycles. The number of benzene rings is 2. The van der Waals surface area contributed by atoms with Crippen molar-refractivity contribution in [2.24, 2.45) is 5.92 Å². The summed E-state index contributed by atoms with van der Waals surface area (Å²) < 4.78 is 15.7. The summed E-state index contributed by atoms with van der Waals surface area (Å²) in [5, 5.41) is 13.7. The van der Waals surface area contributed by atoms with E-state index in [9.17, 15) is 9.90 Å². The molecule has 3 heterocycles. The fourth-order valence-corrected chi connectivity index (χ4v) is 10.7. The molecule has 2 N–H and O–H groups in total. The number of nitrogens with zero attached hydrogens (tertiary/aromatic N) is 3. The maximum absolute atomic E-state index is 12.4. The largest absolute Gasteiger partial charge is 0.404 e. The lowest BCUT2D eigenvalue weighted by Crippen LogP contribution is -2.67. The minimum absolute atomic E-state index is 0.187. The highest BCUT2D eigenvalue weighted by molar-refractivity contribution is 6.99. The van der Waals surface area contributed by atoms with Gasteiger partial charge in [0.1, 0.15) is 11.9 Å². The van der Waals surface area contributed by atoms with Crippen LogP contribution in [0.5, 0.6) is 0 Å². The van der Waals surface area contributed by atoms with E-state index in [1.807, 2.05) is 19.1 Å². The van der Waals surface area contributed by atoms with Gasteiger partial charge < -0.3 is 19.3 Å². The third-order valence-corrected chi connectivity index (χ3v) is 13.3. The van der Waals surface area contributed by atoms with Crippen LogP contribution in [0.15, 0.2) is 71.8 Å². The minimum atomic E-state index is -2.82. The number of ether oxygens (including phenoxy) is 1. The molecule has 5 rings (SSSR count). The smallest absolute Gasteiger partial charge is 0.279 e. The topological polar surface area (TPSA) is 102 Å². The Kier molecular flexibility index (Phi) is 7.13. The van der Waals surface area contributed by atoms with E-state index in [0.29, 0.717) is 24.5 Å². The van der Waals surface area contributed by atoms with Crippen LogP contribution < -0.4 is 15.9 Å². The molecule has 0 spiro atoms. The standard InChI is InChI=1S/C30H38N4O4Si/c1-7-30(20(2)25(35)28(38-30)34-19-31-24-26(34)32-21(3)33-27(24)36)18-37-39(29(4,5)6,22-14-10-8-11-15-22)23-16-12-9-13-17-23/h8-17,19-20,25,28,35H,7,18H2,1-6H3,(H,32,33,36)/t20-,25-,28+,30-/m0/s1. The molecule has 9 heteroatoms. The predicted octanol–water partition coefficient (Wildman–Crippen LogP) is 3.68. The van der Waals surface area contributed by atoms with Crippen molar-refractivity contribution in [3.05, 3.63) is 83.2 Å². The van der Waals surface area contributed by atoms with E-state index in [0.717, 1.165) is 0 Å². The van der Waals surface area contributed by atoms with Crippen molar-refractivity contribution in [2.75, 3.05) is 6.61 Å². The number of aromatic amines is 1. The summed E-state index contributed by atoms with van der Waals surface area (Å²) in [5.74, 6) is 0.234. The number of aromatic nitrogens is 4. The summed E-state index contributed by atoms with van der Waals surface area (Å²) in [4.78, 5) is 23.9. The molecular formula is C30H38N4O4Si. The molecule has 0 amide bonds. The van der Waals surface area contributed by atoms with E-state index in [2.05, 4.69) is 91.2 Å². The lowest BCUT2D eigenvalue weighted by Gasteiger charge is -2.45. The van der Waals surface area contributed by atoms with Crippen LogP contribution >= 0.6 is 0 Å². The summed E-state index contributed by atoms with van der Waals surface area (Å²) in [6.07, 6.45) is 0.578. The monoisotopic (exact) mass is 546 g/mol. The van der Waals surface area contributed by atoms with Crippen molar-refractivity contribution in [2.45, 2.75) is 70.9 Å². The van der Waals surface area contributed by atoms with Crippen LogP contribution in [0.3, 0.4) is 0 Å². The number of hydrogen-bond donors (Lipinski definition) is 2. The third kappa shape index (κ3) is 4.47. The molecule has 1 aliphatic rings. The van der Waals surface area contributed by atoms with Gasteiger partial charge in [-0.1, -0.05) is 95.3 Å². The SMILES string of the molecule is CC[C@@]1(CO[Si](c2ccccc2)(c2ccccc2)C(C)(C)C)O[C@@H](n2cnc3c(=O)[nH]c(C)nc32)[C@@H](O)[C@@H]1C. The predicted molar refractivity (Wildman–Crippen MR) is 155 cm³/mol. The van der Waals surface area contributed by atoms with E-state index in [1.165, 1.54) is 16.7 Å². The Morgan fingerprint density at radius 3 is 2.23 bits per heavy atom. The van der Waals surface area contributed by atoms with Crippen molar-refractivity contribution in [1.82, 2.24) is 19.5 Å². The van der Waals surface area contributed by atoms with E-state index in [4.69, 9.17) is 9.16 Å². The first kappa shape index (κ1) is 27.5. The Morgan fingerprint density at radius 1 is 1.10 bits per heavy atom. The molecule has 0 unspecified atom stereocenters. The Bertz CT molecular complexity index is 1460. The maximum atomic E-state index is 12.4. The molecule has 4 aromatic rings. The first-order valence-corrected chi connectivity index (χ1v) is 15.5. The number of hydrogen-bond acceptors (Lipinski definition) is 6. The zero-order chi connectivity index (χ0) is 28.0. The van der Waals surface area contributed by atoms with Gasteiger partial charge in [0.05, 0.1) is 18.5 Å². The number of aryl methyl sites for hydroxylation is 1. The van der Waals surface area contributed by atoms with Gasteiger partial charge in [0, 0.05) is 5.92 Å². The summed E-state index contributed by atoms with van der Waals surface area (Å²) in [6, 6.07) is 21.0. The molecule has 0 bridgehead atoms. The second-order valence-corrected chi connectivity index (χ2v) is 15.9. The molecule has 0 aliphatic carbocycles. The summed E-state index contributed by atoms with van der Waals surface area (Å²) >= 11 is 0. The first-order valence-electron chi connectivity index (χ1n) is 13.6. The average Bonchev–Trinajstić information content (AvgIpc) is 3.44. The lowest BCUT2D eigenvalue weighted by molar-refractivity contribution is -0.112. The number of H-pyrrole nitrogens is 1. The second-order valence-electron chi connectivity index (χ2n) is 11.6. The molecule has 0 radical (unpaired) electrons. The number of aliphatic hydroxyl groups is 1. The second kappa shape index (κ2) is 10.1. The summed E-state index contributed by atoms with van der Waals surface area (Å²) in [5.41, 5.74) is -0.452. The molecule has 8 nitrogen and oxygen atoms in total. The van der Waals surface area contributed by atoms with Crippen LogP contribution in [0.2, 0.25) is 5.04 Å². The minimum Gasteiger partial charge on any atom is -0.404 e. The van der Waals surface area contributed by atoms with Crippen molar-refractivity contribution in [1.29, 1.82) is 0 Å². The van der Waals surface area contributed by atoms with E-state index >= 15 is 0 Å². The highest BCUT2D eigenvalue weighted by Gasteiger charge is 2.56. The zero-order valence-corrected chi connectivity index (χ0v) is 24.5. The fourth-order valence-electron chi connectivity index (χ4n) is 6.08. The van der Waals surface area contributed by atoms with Crippen molar-refractivity contribution >= 4 is 29.9 Å². The van der Waals surface area contributed by atoms with Gasteiger partial charge in [0.15, 0.2) is 17.4 Å². The van der Waals surface area contributed by atoms with Gasteiger partial charge >= 0.3 is 0 Å². The summed E-state index contributed by atoms with van der Waals surface area (Å²) in [7, 11) is -2.82. The third-order valence-electron chi connectivity index (χ3n) is 8.36. The molecule has 1 fully saturated rings. The van der Waals surface area contributed by atoms with Crippen LogP contribution in [0.4, 0.5) is 0 Å². The van der Waals surface area contributed by atoms with Crippen LogP contribution in [-0.4, -0.2) is 51.3 Å². The highest BCUT2D eigenvalue weighted by Crippen LogP contribution is 2.46. The number of nitrogens with one attached hydrogen (secondary N) is 1. The first-order chi connectivity index (χ1) is 18.5. The molecular weight excluding hydrogens is 508 g/mol. The van der Waals surface area contributed by atoms with Crippen molar-refractivity contribution in [3.63, 3.8) is 0 Å². The molecule has 39 heavy (non-hydrogen) atoms. The van der Waals surface area contributed by atoms with Gasteiger partial charge in [-0.2, -0.15) is 0 Å². The molecule has 4 atom stereocenters. The normalized spacial score (nSPS) is 23.9. The Balaban J connectivity index is 1.56. The van der Waals surface area contributed by atoms with Gasteiger partial charge in [-0.3, -0.25) is 9.36 Å². The van der Waals surface area contributed by atoms with Crippen LogP contribution in [0, 0.1) is 12.8 Å². The van der Waals surface area contributed by atoms with Crippen LogP contribution in [0.1, 0.15) is 53.1 Å². The Hall–Kier alpha value is -3.11. The molecule has 1 saturated heterocycles.